The lowest BCUT2D eigenvalue weighted by molar-refractivity contribution is 1.22. The lowest BCUT2D eigenvalue weighted by Gasteiger charge is -2.09. The third-order valence-corrected chi connectivity index (χ3v) is 6.29. The molecule has 5 rings (SSSR count). The number of H-pyrrole nitrogens is 1. The number of aryl methyl sites for hydroxylation is 1. The highest BCUT2D eigenvalue weighted by atomic mass is 35.5. The van der Waals surface area contributed by atoms with Crippen LogP contribution in [0.5, 0.6) is 0 Å². The second-order valence-electron chi connectivity index (χ2n) is 6.03. The van der Waals surface area contributed by atoms with E-state index in [-0.39, 0.29) is 5.43 Å². The molecule has 0 bridgehead atoms. The molecule has 5 aromatic rings. The summed E-state index contributed by atoms with van der Waals surface area (Å²) >= 11 is 9.58. The van der Waals surface area contributed by atoms with E-state index in [0.29, 0.717) is 21.9 Å². The number of hydrogen-bond donors (Lipinski definition) is 1. The van der Waals surface area contributed by atoms with E-state index >= 15 is 0 Å². The van der Waals surface area contributed by atoms with Gasteiger partial charge in [-0.1, -0.05) is 11.6 Å². The van der Waals surface area contributed by atoms with Crippen molar-refractivity contribution < 1.29 is 0 Å². The molecule has 0 atom stereocenters. The highest BCUT2D eigenvalue weighted by Gasteiger charge is 2.18. The lowest BCUT2D eigenvalue weighted by atomic mass is 10.1. The summed E-state index contributed by atoms with van der Waals surface area (Å²) in [6.45, 7) is 2.05. The second-order valence-corrected chi connectivity index (χ2v) is 8.61. The molecule has 27 heavy (non-hydrogen) atoms. The molecule has 0 amide bonds. The molecule has 4 aromatic heterocycles. The maximum Gasteiger partial charge on any atom is 0.209 e. The smallest absolute Gasteiger partial charge is 0.209 e. The van der Waals surface area contributed by atoms with Crippen LogP contribution >= 0.6 is 34.3 Å². The molecular formula is C19H11ClN4OS2. The first-order valence-electron chi connectivity index (χ1n) is 8.09. The summed E-state index contributed by atoms with van der Waals surface area (Å²) in [5, 5.41) is 0.556. The van der Waals surface area contributed by atoms with Gasteiger partial charge in [0.15, 0.2) is 11.2 Å². The van der Waals surface area contributed by atoms with Gasteiger partial charge in [-0.3, -0.25) is 4.79 Å². The third kappa shape index (κ3) is 2.75. The zero-order chi connectivity index (χ0) is 18.5. The van der Waals surface area contributed by atoms with Gasteiger partial charge in [0.25, 0.3) is 0 Å². The van der Waals surface area contributed by atoms with Crippen molar-refractivity contribution in [3.63, 3.8) is 0 Å². The number of thiophene rings is 1. The first kappa shape index (κ1) is 16.6. The number of thiazole rings is 1. The van der Waals surface area contributed by atoms with E-state index in [0.717, 1.165) is 26.4 Å². The van der Waals surface area contributed by atoms with Crippen LogP contribution in [0.25, 0.3) is 43.2 Å². The molecule has 1 N–H and O–H groups in total. The molecule has 8 heteroatoms. The molecule has 0 saturated carbocycles. The van der Waals surface area contributed by atoms with E-state index in [1.165, 1.54) is 22.3 Å². The van der Waals surface area contributed by atoms with Gasteiger partial charge < -0.3 is 4.98 Å². The minimum atomic E-state index is -0.170. The number of aromatic amines is 1. The standard InChI is InChI=1S/C19H11ClN4OS2/c1-9-2-3-13(27-9)18-15(23-17-12(25)4-5-21-19(17)24-18)10-6-11(20)16-14(7-10)26-8-22-16/h2-8H,1H3,(H,21,24,25). The number of pyridine rings is 1. The molecule has 0 aliphatic carbocycles. The van der Waals surface area contributed by atoms with Crippen molar-refractivity contribution in [3.05, 3.63) is 62.2 Å². The summed E-state index contributed by atoms with van der Waals surface area (Å²) in [7, 11) is 0. The first-order chi connectivity index (χ1) is 13.1. The molecule has 0 aliphatic rings. The topological polar surface area (TPSA) is 71.5 Å². The molecule has 0 unspecified atom stereocenters. The molecular weight excluding hydrogens is 400 g/mol. The zero-order valence-electron chi connectivity index (χ0n) is 14.0. The Labute approximate surface area is 166 Å². The van der Waals surface area contributed by atoms with Crippen LogP contribution in [0, 0.1) is 6.92 Å². The summed E-state index contributed by atoms with van der Waals surface area (Å²) in [5.74, 6) is 0. The minimum absolute atomic E-state index is 0.170. The average molecular weight is 411 g/mol. The Morgan fingerprint density at radius 1 is 1.07 bits per heavy atom. The maximum atomic E-state index is 12.3. The van der Waals surface area contributed by atoms with E-state index in [1.54, 1.807) is 23.0 Å². The fraction of sp³-hybridized carbons (Fsp3) is 0.0526. The van der Waals surface area contributed by atoms with Crippen LogP contribution in [0.15, 0.2) is 46.8 Å². The molecule has 0 fully saturated rings. The van der Waals surface area contributed by atoms with Gasteiger partial charge in [0.2, 0.25) is 5.43 Å². The number of fused-ring (bicyclic) bond motifs is 2. The molecule has 0 saturated heterocycles. The van der Waals surface area contributed by atoms with Gasteiger partial charge in [-0.05, 0) is 31.2 Å². The number of benzene rings is 1. The Hall–Kier alpha value is -2.61. The summed E-state index contributed by atoms with van der Waals surface area (Å²) < 4.78 is 0.967. The summed E-state index contributed by atoms with van der Waals surface area (Å²) in [6, 6.07) is 9.35. The molecule has 132 valence electrons. The maximum absolute atomic E-state index is 12.3. The fourth-order valence-corrected chi connectivity index (χ4v) is 4.90. The van der Waals surface area contributed by atoms with Crippen molar-refractivity contribution in [1.29, 1.82) is 0 Å². The molecule has 0 aliphatic heterocycles. The Morgan fingerprint density at radius 3 is 2.78 bits per heavy atom. The number of nitrogens with one attached hydrogen (secondary N) is 1. The van der Waals surface area contributed by atoms with Gasteiger partial charge in [-0.15, -0.1) is 22.7 Å². The minimum Gasteiger partial charge on any atom is -0.345 e. The average Bonchev–Trinajstić information content (AvgIpc) is 3.30. The largest absolute Gasteiger partial charge is 0.345 e. The van der Waals surface area contributed by atoms with Gasteiger partial charge in [-0.25, -0.2) is 15.0 Å². The Kier molecular flexibility index (Phi) is 3.82. The van der Waals surface area contributed by atoms with Crippen molar-refractivity contribution in [3.8, 4) is 21.8 Å². The number of hydrogen-bond acceptors (Lipinski definition) is 6. The summed E-state index contributed by atoms with van der Waals surface area (Å²) in [6.07, 6.45) is 1.59. The summed E-state index contributed by atoms with van der Waals surface area (Å²) in [5.41, 5.74) is 5.32. The highest BCUT2D eigenvalue weighted by molar-refractivity contribution is 7.17. The van der Waals surface area contributed by atoms with Crippen LogP contribution in [0.1, 0.15) is 4.88 Å². The van der Waals surface area contributed by atoms with Crippen molar-refractivity contribution in [1.82, 2.24) is 19.9 Å². The monoisotopic (exact) mass is 410 g/mol. The van der Waals surface area contributed by atoms with E-state index in [9.17, 15) is 4.79 Å². The number of aromatic nitrogens is 4. The van der Waals surface area contributed by atoms with Crippen LogP contribution in [-0.4, -0.2) is 19.9 Å². The predicted octanol–water partition coefficient (Wildman–Crippen LogP) is 5.29. The predicted molar refractivity (Wildman–Crippen MR) is 112 cm³/mol. The molecule has 1 aromatic carbocycles. The normalized spacial score (nSPS) is 11.5. The van der Waals surface area contributed by atoms with E-state index in [1.807, 2.05) is 31.2 Å². The van der Waals surface area contributed by atoms with E-state index < -0.39 is 0 Å². The third-order valence-electron chi connectivity index (χ3n) is 4.22. The first-order valence-corrected chi connectivity index (χ1v) is 10.2. The second kappa shape index (κ2) is 6.23. The Balaban J connectivity index is 1.88. The molecule has 0 radical (unpaired) electrons. The van der Waals surface area contributed by atoms with Gasteiger partial charge in [0.05, 0.1) is 31.3 Å². The van der Waals surface area contributed by atoms with Gasteiger partial charge in [-0.2, -0.15) is 0 Å². The van der Waals surface area contributed by atoms with Crippen LogP contribution in [0.3, 0.4) is 0 Å². The van der Waals surface area contributed by atoms with E-state index in [2.05, 4.69) is 15.0 Å². The van der Waals surface area contributed by atoms with Gasteiger partial charge in [0.1, 0.15) is 5.69 Å². The number of nitrogens with zero attached hydrogens (tertiary/aromatic N) is 3. The SMILES string of the molecule is Cc1ccc(-c2nc3[nH]ccc(=O)c3nc2-c2cc(Cl)c3ncsc3c2)s1. The van der Waals surface area contributed by atoms with Crippen LogP contribution in [0.2, 0.25) is 5.02 Å². The van der Waals surface area contributed by atoms with Crippen molar-refractivity contribution in [2.45, 2.75) is 6.92 Å². The zero-order valence-corrected chi connectivity index (χ0v) is 16.4. The quantitative estimate of drug-likeness (QED) is 0.429. The van der Waals surface area contributed by atoms with Crippen LogP contribution in [-0.2, 0) is 0 Å². The Morgan fingerprint density at radius 2 is 1.96 bits per heavy atom. The number of halogens is 1. The van der Waals surface area contributed by atoms with Crippen LogP contribution < -0.4 is 5.43 Å². The van der Waals surface area contributed by atoms with Crippen LogP contribution in [0.4, 0.5) is 0 Å². The van der Waals surface area contributed by atoms with Crippen molar-refractivity contribution in [2.24, 2.45) is 0 Å². The highest BCUT2D eigenvalue weighted by Crippen LogP contribution is 2.37. The van der Waals surface area contributed by atoms with Gasteiger partial charge >= 0.3 is 0 Å². The van der Waals surface area contributed by atoms with Crippen molar-refractivity contribution in [2.75, 3.05) is 0 Å². The lowest BCUT2D eigenvalue weighted by Crippen LogP contribution is -2.06. The summed E-state index contributed by atoms with van der Waals surface area (Å²) in [4.78, 5) is 31.2. The van der Waals surface area contributed by atoms with Gasteiger partial charge in [0, 0.05) is 22.7 Å². The Bertz CT molecular complexity index is 1390. The number of rotatable bonds is 2. The molecule has 5 nitrogen and oxygen atoms in total. The van der Waals surface area contributed by atoms with Crippen molar-refractivity contribution >= 4 is 55.7 Å². The van der Waals surface area contributed by atoms with E-state index in [4.69, 9.17) is 16.6 Å². The molecule has 4 heterocycles. The fourth-order valence-electron chi connectivity index (χ4n) is 2.98. The molecule has 0 spiro atoms.